The average Bonchev–Trinajstić information content (AvgIpc) is 2.78. The molecule has 0 bridgehead atoms. The second-order valence-electron chi connectivity index (χ2n) is 3.67. The van der Waals surface area contributed by atoms with E-state index < -0.39 is 0 Å². The third-order valence-electron chi connectivity index (χ3n) is 2.73. The molecule has 0 aliphatic carbocycles. The Labute approximate surface area is 88.9 Å². The SMILES string of the molecule is COC(=O)[C@@H]1CCN(c2cccnc2)C1. The van der Waals surface area contributed by atoms with Crippen LogP contribution in [0.2, 0.25) is 0 Å². The van der Waals surface area contributed by atoms with Crippen molar-refractivity contribution >= 4 is 11.7 Å². The van der Waals surface area contributed by atoms with E-state index in [-0.39, 0.29) is 11.9 Å². The van der Waals surface area contributed by atoms with Gasteiger partial charge in [0.15, 0.2) is 0 Å². The Bertz CT molecular complexity index is 340. The number of carbonyl (C=O) groups is 1. The summed E-state index contributed by atoms with van der Waals surface area (Å²) < 4.78 is 4.74. The zero-order chi connectivity index (χ0) is 10.7. The Morgan fingerprint density at radius 1 is 1.67 bits per heavy atom. The number of aromatic nitrogens is 1. The van der Waals surface area contributed by atoms with Crippen molar-refractivity contribution in [3.05, 3.63) is 24.5 Å². The molecule has 0 spiro atoms. The maximum atomic E-state index is 11.3. The molecule has 0 amide bonds. The minimum absolute atomic E-state index is 0.00945. The zero-order valence-electron chi connectivity index (χ0n) is 8.72. The number of nitrogens with zero attached hydrogens (tertiary/aromatic N) is 2. The first-order valence-electron chi connectivity index (χ1n) is 5.04. The van der Waals surface area contributed by atoms with Gasteiger partial charge in [0, 0.05) is 19.3 Å². The van der Waals surface area contributed by atoms with Gasteiger partial charge in [-0.3, -0.25) is 9.78 Å². The standard InChI is InChI=1S/C11H14N2O2/c1-15-11(14)9-4-6-13(8-9)10-3-2-5-12-7-10/h2-3,5,7,9H,4,6,8H2,1H3/t9-/m1/s1. The lowest BCUT2D eigenvalue weighted by Gasteiger charge is -2.17. The molecule has 1 aromatic heterocycles. The first-order valence-corrected chi connectivity index (χ1v) is 5.04. The van der Waals surface area contributed by atoms with Gasteiger partial charge >= 0.3 is 5.97 Å². The van der Waals surface area contributed by atoms with Gasteiger partial charge in [0.05, 0.1) is 24.9 Å². The van der Waals surface area contributed by atoms with Crippen LogP contribution < -0.4 is 4.90 Å². The summed E-state index contributed by atoms with van der Waals surface area (Å²) in [4.78, 5) is 17.5. The van der Waals surface area contributed by atoms with Crippen molar-refractivity contribution in [2.24, 2.45) is 5.92 Å². The topological polar surface area (TPSA) is 42.4 Å². The van der Waals surface area contributed by atoms with Crippen LogP contribution in [0.4, 0.5) is 5.69 Å². The Morgan fingerprint density at radius 2 is 2.53 bits per heavy atom. The second-order valence-corrected chi connectivity index (χ2v) is 3.67. The van der Waals surface area contributed by atoms with Gasteiger partial charge in [0.1, 0.15) is 0 Å². The molecule has 1 fully saturated rings. The molecule has 0 aromatic carbocycles. The minimum atomic E-state index is -0.110. The smallest absolute Gasteiger partial charge is 0.310 e. The van der Waals surface area contributed by atoms with Crippen molar-refractivity contribution < 1.29 is 9.53 Å². The highest BCUT2D eigenvalue weighted by atomic mass is 16.5. The number of methoxy groups -OCH3 is 1. The van der Waals surface area contributed by atoms with E-state index in [0.29, 0.717) is 0 Å². The van der Waals surface area contributed by atoms with Gasteiger partial charge in [-0.05, 0) is 18.6 Å². The number of hydrogen-bond donors (Lipinski definition) is 0. The number of pyridine rings is 1. The van der Waals surface area contributed by atoms with Crippen molar-refractivity contribution in [3.63, 3.8) is 0 Å². The molecule has 0 saturated carbocycles. The number of hydrogen-bond acceptors (Lipinski definition) is 4. The molecule has 1 aliphatic heterocycles. The van der Waals surface area contributed by atoms with Crippen LogP contribution in [0.25, 0.3) is 0 Å². The van der Waals surface area contributed by atoms with Crippen LogP contribution in [0.15, 0.2) is 24.5 Å². The second kappa shape index (κ2) is 4.29. The summed E-state index contributed by atoms with van der Waals surface area (Å²) in [6.45, 7) is 1.63. The van der Waals surface area contributed by atoms with Crippen molar-refractivity contribution in [3.8, 4) is 0 Å². The lowest BCUT2D eigenvalue weighted by atomic mass is 10.1. The summed E-state index contributed by atoms with van der Waals surface area (Å²) in [7, 11) is 1.44. The third kappa shape index (κ3) is 2.09. The van der Waals surface area contributed by atoms with Crippen molar-refractivity contribution in [2.75, 3.05) is 25.1 Å². The molecule has 1 atom stereocenters. The van der Waals surface area contributed by atoms with Crippen molar-refractivity contribution in [1.29, 1.82) is 0 Å². The molecule has 4 heteroatoms. The molecule has 0 N–H and O–H groups in total. The maximum absolute atomic E-state index is 11.3. The normalized spacial score (nSPS) is 20.3. The monoisotopic (exact) mass is 206 g/mol. The molecule has 1 aliphatic rings. The first kappa shape index (κ1) is 9.96. The van der Waals surface area contributed by atoms with Crippen LogP contribution in [0.3, 0.4) is 0 Å². The Balaban J connectivity index is 2.02. The number of rotatable bonds is 2. The van der Waals surface area contributed by atoms with Crippen LogP contribution in [0, 0.1) is 5.92 Å². The lowest BCUT2D eigenvalue weighted by molar-refractivity contribution is -0.144. The van der Waals surface area contributed by atoms with E-state index in [1.807, 2.05) is 18.3 Å². The molecule has 2 heterocycles. The Kier molecular flexibility index (Phi) is 2.85. The van der Waals surface area contributed by atoms with Gasteiger partial charge in [0.2, 0.25) is 0 Å². The van der Waals surface area contributed by atoms with E-state index in [2.05, 4.69) is 9.88 Å². The Hall–Kier alpha value is -1.58. The van der Waals surface area contributed by atoms with Crippen LogP contribution in [-0.4, -0.2) is 31.2 Å². The van der Waals surface area contributed by atoms with E-state index in [1.54, 1.807) is 6.20 Å². The molecule has 1 saturated heterocycles. The molecule has 2 rings (SSSR count). The summed E-state index contributed by atoms with van der Waals surface area (Å²) in [6.07, 6.45) is 4.43. The van der Waals surface area contributed by atoms with Crippen LogP contribution in [0.5, 0.6) is 0 Å². The molecule has 15 heavy (non-hydrogen) atoms. The van der Waals surface area contributed by atoms with E-state index in [9.17, 15) is 4.79 Å². The van der Waals surface area contributed by atoms with Gasteiger partial charge in [-0.25, -0.2) is 0 Å². The van der Waals surface area contributed by atoms with E-state index in [0.717, 1.165) is 25.2 Å². The predicted molar refractivity (Wildman–Crippen MR) is 56.6 cm³/mol. The molecule has 0 radical (unpaired) electrons. The molecule has 80 valence electrons. The highest BCUT2D eigenvalue weighted by molar-refractivity contribution is 5.74. The van der Waals surface area contributed by atoms with Crippen molar-refractivity contribution in [2.45, 2.75) is 6.42 Å². The van der Waals surface area contributed by atoms with E-state index in [4.69, 9.17) is 4.74 Å². The summed E-state index contributed by atoms with van der Waals surface area (Å²) in [6, 6.07) is 3.91. The van der Waals surface area contributed by atoms with Gasteiger partial charge in [-0.2, -0.15) is 0 Å². The quantitative estimate of drug-likeness (QED) is 0.679. The van der Waals surface area contributed by atoms with Gasteiger partial charge in [-0.15, -0.1) is 0 Å². The molecular weight excluding hydrogens is 192 g/mol. The average molecular weight is 206 g/mol. The predicted octanol–water partition coefficient (Wildman–Crippen LogP) is 1.08. The van der Waals surface area contributed by atoms with E-state index >= 15 is 0 Å². The summed E-state index contributed by atoms with van der Waals surface area (Å²) in [5.41, 5.74) is 1.07. The molecule has 4 nitrogen and oxygen atoms in total. The fraction of sp³-hybridized carbons (Fsp3) is 0.455. The summed E-state index contributed by atoms with van der Waals surface area (Å²) in [5, 5.41) is 0. The fourth-order valence-electron chi connectivity index (χ4n) is 1.89. The Morgan fingerprint density at radius 3 is 3.20 bits per heavy atom. The summed E-state index contributed by atoms with van der Waals surface area (Å²) >= 11 is 0. The van der Waals surface area contributed by atoms with Gasteiger partial charge < -0.3 is 9.64 Å². The lowest BCUT2D eigenvalue weighted by Crippen LogP contribution is -2.23. The largest absolute Gasteiger partial charge is 0.469 e. The number of anilines is 1. The van der Waals surface area contributed by atoms with Crippen molar-refractivity contribution in [1.82, 2.24) is 4.98 Å². The zero-order valence-corrected chi connectivity index (χ0v) is 8.72. The molecule has 0 unspecified atom stereocenters. The number of esters is 1. The summed E-state index contributed by atoms with van der Waals surface area (Å²) in [5.74, 6) is -0.100. The van der Waals surface area contributed by atoms with Crippen LogP contribution >= 0.6 is 0 Å². The van der Waals surface area contributed by atoms with Crippen LogP contribution in [0.1, 0.15) is 6.42 Å². The fourth-order valence-corrected chi connectivity index (χ4v) is 1.89. The highest BCUT2D eigenvalue weighted by Crippen LogP contribution is 2.23. The maximum Gasteiger partial charge on any atom is 0.310 e. The molecular formula is C11H14N2O2. The van der Waals surface area contributed by atoms with Crippen LogP contribution in [-0.2, 0) is 9.53 Å². The van der Waals surface area contributed by atoms with Gasteiger partial charge in [-0.1, -0.05) is 0 Å². The van der Waals surface area contributed by atoms with Gasteiger partial charge in [0.25, 0.3) is 0 Å². The third-order valence-corrected chi connectivity index (χ3v) is 2.73. The van der Waals surface area contributed by atoms with E-state index in [1.165, 1.54) is 7.11 Å². The molecule has 1 aromatic rings. The number of carbonyl (C=O) groups excluding carboxylic acids is 1. The first-order chi connectivity index (χ1) is 7.31. The number of ether oxygens (including phenoxy) is 1. The minimum Gasteiger partial charge on any atom is -0.469 e. The highest BCUT2D eigenvalue weighted by Gasteiger charge is 2.28.